The van der Waals surface area contributed by atoms with Crippen LogP contribution in [0.25, 0.3) is 0 Å². The summed E-state index contributed by atoms with van der Waals surface area (Å²) in [7, 11) is 0. The molecule has 0 spiro atoms. The van der Waals surface area contributed by atoms with Crippen molar-refractivity contribution in [3.05, 3.63) is 0 Å². The predicted molar refractivity (Wildman–Crippen MR) is 41.8 cm³/mol. The number of hydrogen-bond donors (Lipinski definition) is 1. The van der Waals surface area contributed by atoms with Crippen molar-refractivity contribution < 1.29 is 4.74 Å². The molecule has 0 aromatic rings. The topological polar surface area (TPSA) is 35.2 Å². The van der Waals surface area contributed by atoms with E-state index in [-0.39, 0.29) is 12.1 Å². The third kappa shape index (κ3) is 1.96. The van der Waals surface area contributed by atoms with E-state index >= 15 is 0 Å². The Morgan fingerprint density at radius 2 is 2.00 bits per heavy atom. The van der Waals surface area contributed by atoms with Crippen LogP contribution in [0.1, 0.15) is 33.1 Å². The lowest BCUT2D eigenvalue weighted by molar-refractivity contribution is -0.0504. The van der Waals surface area contributed by atoms with Gasteiger partial charge in [0, 0.05) is 6.04 Å². The highest BCUT2D eigenvalue weighted by Crippen LogP contribution is 2.23. The van der Waals surface area contributed by atoms with Gasteiger partial charge in [0.25, 0.3) is 0 Å². The van der Waals surface area contributed by atoms with E-state index in [0.29, 0.717) is 6.10 Å². The molecular formula is C8H17NO. The molecule has 2 nitrogen and oxygen atoms in total. The van der Waals surface area contributed by atoms with E-state index in [9.17, 15) is 0 Å². The molecule has 0 amide bonds. The number of nitrogens with two attached hydrogens (primary N) is 1. The second kappa shape index (κ2) is 3.35. The zero-order valence-corrected chi connectivity index (χ0v) is 6.84. The zero-order chi connectivity index (χ0) is 7.56. The largest absolute Gasteiger partial charge is 0.374 e. The Balaban J connectivity index is 2.10. The molecule has 2 atom stereocenters. The minimum atomic E-state index is 0.167. The van der Waals surface area contributed by atoms with E-state index in [4.69, 9.17) is 10.5 Å². The predicted octanol–water partition coefficient (Wildman–Crippen LogP) is 1.29. The lowest BCUT2D eigenvalue weighted by atomic mass is 9.96. The maximum Gasteiger partial charge on any atom is 0.0698 e. The molecule has 10 heavy (non-hydrogen) atoms. The van der Waals surface area contributed by atoms with Gasteiger partial charge in [0.05, 0.1) is 12.2 Å². The average molecular weight is 143 g/mol. The first-order valence-corrected chi connectivity index (χ1v) is 4.11. The van der Waals surface area contributed by atoms with Gasteiger partial charge >= 0.3 is 0 Å². The summed E-state index contributed by atoms with van der Waals surface area (Å²) in [5.41, 5.74) is 5.64. The van der Waals surface area contributed by atoms with E-state index in [1.807, 2.05) is 13.8 Å². The van der Waals surface area contributed by atoms with Gasteiger partial charge < -0.3 is 10.5 Å². The summed E-state index contributed by atoms with van der Waals surface area (Å²) in [4.78, 5) is 0. The fraction of sp³-hybridized carbons (Fsp3) is 1.00. The van der Waals surface area contributed by atoms with Crippen molar-refractivity contribution in [2.45, 2.75) is 51.4 Å². The molecule has 0 aromatic heterocycles. The Hall–Kier alpha value is -0.0800. The molecule has 0 saturated heterocycles. The molecule has 1 unspecified atom stereocenters. The van der Waals surface area contributed by atoms with Crippen LogP contribution in [-0.2, 0) is 4.74 Å². The summed E-state index contributed by atoms with van der Waals surface area (Å²) in [6.07, 6.45) is 4.54. The summed E-state index contributed by atoms with van der Waals surface area (Å²) in [5, 5.41) is 0. The summed E-state index contributed by atoms with van der Waals surface area (Å²) < 4.78 is 5.62. The van der Waals surface area contributed by atoms with Gasteiger partial charge in [0.1, 0.15) is 0 Å². The summed E-state index contributed by atoms with van der Waals surface area (Å²) >= 11 is 0. The fourth-order valence-electron chi connectivity index (χ4n) is 0.934. The summed E-state index contributed by atoms with van der Waals surface area (Å²) in [6.45, 7) is 4.03. The normalized spacial score (nSPS) is 25.5. The molecule has 2 N–H and O–H groups in total. The number of hydrogen-bond acceptors (Lipinski definition) is 2. The lowest BCUT2D eigenvalue weighted by Crippen LogP contribution is -2.36. The van der Waals surface area contributed by atoms with E-state index in [0.717, 1.165) is 0 Å². The van der Waals surface area contributed by atoms with E-state index in [1.165, 1.54) is 19.3 Å². The maximum atomic E-state index is 5.64. The van der Waals surface area contributed by atoms with Crippen molar-refractivity contribution >= 4 is 0 Å². The van der Waals surface area contributed by atoms with Gasteiger partial charge in [-0.15, -0.1) is 0 Å². The highest BCUT2D eigenvalue weighted by Gasteiger charge is 2.21. The molecule has 60 valence electrons. The van der Waals surface area contributed by atoms with Crippen molar-refractivity contribution in [1.82, 2.24) is 0 Å². The van der Waals surface area contributed by atoms with Gasteiger partial charge in [-0.3, -0.25) is 0 Å². The Bertz CT molecular complexity index is 99.4. The summed E-state index contributed by atoms with van der Waals surface area (Å²) in [6, 6.07) is 0.167. The lowest BCUT2D eigenvalue weighted by Gasteiger charge is -2.30. The first-order valence-electron chi connectivity index (χ1n) is 4.11. The molecule has 1 rings (SSSR count). The molecule has 0 aliphatic heterocycles. The van der Waals surface area contributed by atoms with E-state index in [2.05, 4.69) is 0 Å². The second-order valence-corrected chi connectivity index (χ2v) is 3.25. The number of ether oxygens (including phenoxy) is 1. The zero-order valence-electron chi connectivity index (χ0n) is 6.84. The molecule has 0 bridgehead atoms. The Labute approximate surface area is 62.7 Å². The maximum absolute atomic E-state index is 5.64. The van der Waals surface area contributed by atoms with Crippen LogP contribution < -0.4 is 5.73 Å². The van der Waals surface area contributed by atoms with E-state index in [1.54, 1.807) is 0 Å². The van der Waals surface area contributed by atoms with Gasteiger partial charge in [0.2, 0.25) is 0 Å². The van der Waals surface area contributed by atoms with Crippen molar-refractivity contribution in [3.63, 3.8) is 0 Å². The average Bonchev–Trinajstić information content (AvgIpc) is 1.77. The molecule has 0 aromatic carbocycles. The highest BCUT2D eigenvalue weighted by atomic mass is 16.5. The molecule has 0 heterocycles. The summed E-state index contributed by atoms with van der Waals surface area (Å²) in [5.74, 6) is 0. The molecule has 1 fully saturated rings. The number of rotatable bonds is 3. The monoisotopic (exact) mass is 143 g/mol. The van der Waals surface area contributed by atoms with Gasteiger partial charge in [-0.2, -0.15) is 0 Å². The van der Waals surface area contributed by atoms with Crippen LogP contribution >= 0.6 is 0 Å². The smallest absolute Gasteiger partial charge is 0.0698 e. The van der Waals surface area contributed by atoms with Crippen molar-refractivity contribution in [2.24, 2.45) is 5.73 Å². The van der Waals surface area contributed by atoms with Gasteiger partial charge in [0.15, 0.2) is 0 Å². The van der Waals surface area contributed by atoms with Gasteiger partial charge in [-0.05, 0) is 33.1 Å². The minimum Gasteiger partial charge on any atom is -0.374 e. The molecule has 1 aliphatic rings. The molecule has 1 aliphatic carbocycles. The SMILES string of the molecule is CC(OC1CCC1)[C@@H](C)N. The quantitative estimate of drug-likeness (QED) is 0.646. The van der Waals surface area contributed by atoms with Crippen LogP contribution in [0.2, 0.25) is 0 Å². The Kier molecular flexibility index (Phi) is 2.69. The van der Waals surface area contributed by atoms with Gasteiger partial charge in [-0.25, -0.2) is 0 Å². The van der Waals surface area contributed by atoms with Crippen molar-refractivity contribution in [3.8, 4) is 0 Å². The first kappa shape index (κ1) is 8.02. The Morgan fingerprint density at radius 3 is 2.30 bits per heavy atom. The van der Waals surface area contributed by atoms with Crippen LogP contribution in [0.4, 0.5) is 0 Å². The van der Waals surface area contributed by atoms with Crippen molar-refractivity contribution in [1.29, 1.82) is 0 Å². The third-order valence-corrected chi connectivity index (χ3v) is 2.20. The van der Waals surface area contributed by atoms with Gasteiger partial charge in [-0.1, -0.05) is 0 Å². The van der Waals surface area contributed by atoms with Crippen LogP contribution in [0.5, 0.6) is 0 Å². The minimum absolute atomic E-state index is 0.167. The van der Waals surface area contributed by atoms with Crippen LogP contribution in [-0.4, -0.2) is 18.2 Å². The molecule has 1 saturated carbocycles. The van der Waals surface area contributed by atoms with Crippen molar-refractivity contribution in [2.75, 3.05) is 0 Å². The fourth-order valence-corrected chi connectivity index (χ4v) is 0.934. The third-order valence-electron chi connectivity index (χ3n) is 2.20. The van der Waals surface area contributed by atoms with Crippen LogP contribution in [0.15, 0.2) is 0 Å². The standard InChI is InChI=1S/C8H17NO/c1-6(9)7(2)10-8-4-3-5-8/h6-8H,3-5,9H2,1-2H3/t6-,7?/m1/s1. The van der Waals surface area contributed by atoms with Crippen LogP contribution in [0, 0.1) is 0 Å². The van der Waals surface area contributed by atoms with Crippen LogP contribution in [0.3, 0.4) is 0 Å². The Morgan fingerprint density at radius 1 is 1.40 bits per heavy atom. The molecule has 0 radical (unpaired) electrons. The molecular weight excluding hydrogens is 126 g/mol. The second-order valence-electron chi connectivity index (χ2n) is 3.25. The highest BCUT2D eigenvalue weighted by molar-refractivity contribution is 4.73. The molecule has 2 heteroatoms. The van der Waals surface area contributed by atoms with E-state index < -0.39 is 0 Å². The first-order chi connectivity index (χ1) is 4.70.